The van der Waals surface area contributed by atoms with Gasteiger partial charge in [0, 0.05) is 11.1 Å². The Labute approximate surface area is 138 Å². The van der Waals surface area contributed by atoms with Crippen molar-refractivity contribution in [2.75, 3.05) is 7.11 Å². The zero-order chi connectivity index (χ0) is 17.0. The maximum absolute atomic E-state index is 12.3. The number of methoxy groups -OCH3 is 1. The summed E-state index contributed by atoms with van der Waals surface area (Å²) in [6.07, 6.45) is 0.146. The Bertz CT molecular complexity index is 710. The Balaban J connectivity index is 2.37. The van der Waals surface area contributed by atoms with Gasteiger partial charge >= 0.3 is 5.97 Å². The third-order valence-electron chi connectivity index (χ3n) is 3.57. The summed E-state index contributed by atoms with van der Waals surface area (Å²) in [4.78, 5) is 24.2. The van der Waals surface area contributed by atoms with Crippen molar-refractivity contribution < 1.29 is 23.8 Å². The van der Waals surface area contributed by atoms with E-state index in [2.05, 4.69) is 5.32 Å². The summed E-state index contributed by atoms with van der Waals surface area (Å²) in [5, 5.41) is 12.7. The summed E-state index contributed by atoms with van der Waals surface area (Å²) in [6.45, 7) is 1.67. The number of carbonyl (C=O) groups excluding carboxylic acids is 1. The summed E-state index contributed by atoms with van der Waals surface area (Å²) < 4.78 is 10.0. The van der Waals surface area contributed by atoms with E-state index in [0.717, 1.165) is 0 Å². The topological polar surface area (TPSA) is 88.8 Å². The van der Waals surface area contributed by atoms with Crippen LogP contribution in [0.5, 0.6) is 5.95 Å². The lowest BCUT2D eigenvalue weighted by atomic mass is 9.87. The molecule has 0 bridgehead atoms. The van der Waals surface area contributed by atoms with E-state index in [1.54, 1.807) is 31.2 Å². The largest absolute Gasteiger partial charge is 0.479 e. The van der Waals surface area contributed by atoms with Crippen LogP contribution >= 0.6 is 11.6 Å². The first-order valence-electron chi connectivity index (χ1n) is 6.88. The second kappa shape index (κ2) is 6.75. The molecule has 122 valence electrons. The van der Waals surface area contributed by atoms with Crippen LogP contribution in [0.1, 0.15) is 29.5 Å². The molecular weight excluding hydrogens is 322 g/mol. The first kappa shape index (κ1) is 16.9. The number of ether oxygens (including phenoxy) is 1. The van der Waals surface area contributed by atoms with Crippen LogP contribution in [-0.4, -0.2) is 24.1 Å². The molecule has 1 heterocycles. The summed E-state index contributed by atoms with van der Waals surface area (Å²) in [6, 6.07) is 9.19. The Hall–Kier alpha value is -2.47. The molecule has 0 aliphatic heterocycles. The Kier molecular flexibility index (Phi) is 4.95. The Morgan fingerprint density at radius 1 is 1.26 bits per heavy atom. The van der Waals surface area contributed by atoms with Gasteiger partial charge in [0.05, 0.1) is 7.11 Å². The lowest BCUT2D eigenvalue weighted by molar-refractivity contribution is -0.145. The Morgan fingerprint density at radius 2 is 1.91 bits per heavy atom. The van der Waals surface area contributed by atoms with Crippen LogP contribution in [0.4, 0.5) is 0 Å². The van der Waals surface area contributed by atoms with Crippen molar-refractivity contribution in [2.45, 2.75) is 18.9 Å². The molecule has 0 fully saturated rings. The van der Waals surface area contributed by atoms with Crippen LogP contribution in [0.3, 0.4) is 0 Å². The first-order valence-corrected chi connectivity index (χ1v) is 7.26. The zero-order valence-corrected chi connectivity index (χ0v) is 13.4. The van der Waals surface area contributed by atoms with Crippen molar-refractivity contribution in [2.24, 2.45) is 0 Å². The average molecular weight is 338 g/mol. The summed E-state index contributed by atoms with van der Waals surface area (Å²) in [5.74, 6) is -1.68. The highest BCUT2D eigenvalue weighted by Crippen LogP contribution is 2.28. The predicted molar refractivity (Wildman–Crippen MR) is 83.8 cm³/mol. The molecule has 0 saturated carbocycles. The van der Waals surface area contributed by atoms with Crippen LogP contribution in [-0.2, 0) is 10.3 Å². The van der Waals surface area contributed by atoms with Gasteiger partial charge in [0.2, 0.25) is 0 Å². The van der Waals surface area contributed by atoms with Crippen molar-refractivity contribution in [3.8, 4) is 5.95 Å². The van der Waals surface area contributed by atoms with E-state index in [0.29, 0.717) is 10.6 Å². The summed E-state index contributed by atoms with van der Waals surface area (Å²) in [5.41, 5.74) is -1.16. The molecule has 2 aromatic rings. The monoisotopic (exact) mass is 337 g/mol. The van der Waals surface area contributed by atoms with Crippen LogP contribution < -0.4 is 10.1 Å². The van der Waals surface area contributed by atoms with E-state index in [1.165, 1.54) is 19.2 Å². The lowest BCUT2D eigenvalue weighted by Gasteiger charge is -2.29. The molecule has 1 aromatic carbocycles. The van der Waals surface area contributed by atoms with Crippen LogP contribution in [0.2, 0.25) is 5.02 Å². The van der Waals surface area contributed by atoms with E-state index < -0.39 is 17.4 Å². The van der Waals surface area contributed by atoms with Crippen molar-refractivity contribution in [1.29, 1.82) is 0 Å². The molecule has 0 spiro atoms. The molecule has 1 unspecified atom stereocenters. The van der Waals surface area contributed by atoms with Crippen molar-refractivity contribution in [3.63, 3.8) is 0 Å². The second-order valence-corrected chi connectivity index (χ2v) is 5.28. The smallest absolute Gasteiger partial charge is 0.334 e. The summed E-state index contributed by atoms with van der Waals surface area (Å²) >= 11 is 5.84. The van der Waals surface area contributed by atoms with E-state index in [4.69, 9.17) is 20.8 Å². The van der Waals surface area contributed by atoms with Crippen molar-refractivity contribution in [1.82, 2.24) is 5.32 Å². The number of carbonyl (C=O) groups is 2. The fraction of sp³-hybridized carbons (Fsp3) is 0.250. The highest BCUT2D eigenvalue weighted by atomic mass is 35.5. The SMILES string of the molecule is CCC(NC(=O)c1ccc(OC)o1)(C(=O)O)c1ccc(Cl)cc1. The highest BCUT2D eigenvalue weighted by molar-refractivity contribution is 6.30. The molecule has 0 saturated heterocycles. The molecule has 23 heavy (non-hydrogen) atoms. The standard InChI is InChI=1S/C16H16ClNO5/c1-3-16(15(20)21,10-4-6-11(17)7-5-10)18-14(19)12-8-9-13(22-2)23-12/h4-9H,3H2,1-2H3,(H,18,19)(H,20,21). The maximum atomic E-state index is 12.3. The van der Waals surface area contributed by atoms with E-state index >= 15 is 0 Å². The number of benzene rings is 1. The third kappa shape index (κ3) is 3.32. The van der Waals surface area contributed by atoms with Crippen LogP contribution in [0, 0.1) is 0 Å². The molecule has 2 rings (SSSR count). The number of halogens is 1. The molecule has 7 heteroatoms. The minimum atomic E-state index is -1.58. The van der Waals surface area contributed by atoms with Gasteiger partial charge in [-0.05, 0) is 30.2 Å². The van der Waals surface area contributed by atoms with Gasteiger partial charge in [0.1, 0.15) is 0 Å². The van der Waals surface area contributed by atoms with Gasteiger partial charge in [-0.25, -0.2) is 4.79 Å². The van der Waals surface area contributed by atoms with Crippen molar-refractivity contribution >= 4 is 23.5 Å². The molecule has 1 amide bonds. The predicted octanol–water partition coefficient (Wildman–Crippen LogP) is 3.06. The van der Waals surface area contributed by atoms with Gasteiger partial charge in [0.25, 0.3) is 11.9 Å². The third-order valence-corrected chi connectivity index (χ3v) is 3.82. The van der Waals surface area contributed by atoms with Crippen LogP contribution in [0.25, 0.3) is 0 Å². The highest BCUT2D eigenvalue weighted by Gasteiger charge is 2.41. The number of hydrogen-bond donors (Lipinski definition) is 2. The van der Waals surface area contributed by atoms with Crippen molar-refractivity contribution in [3.05, 3.63) is 52.7 Å². The molecule has 1 atom stereocenters. The summed E-state index contributed by atoms with van der Waals surface area (Å²) in [7, 11) is 1.40. The van der Waals surface area contributed by atoms with Gasteiger partial charge in [0.15, 0.2) is 11.3 Å². The second-order valence-electron chi connectivity index (χ2n) is 4.85. The number of furan rings is 1. The number of hydrogen-bond acceptors (Lipinski definition) is 4. The molecule has 0 aliphatic carbocycles. The number of amides is 1. The fourth-order valence-electron chi connectivity index (χ4n) is 2.23. The number of carboxylic acids is 1. The minimum Gasteiger partial charge on any atom is -0.479 e. The van der Waals surface area contributed by atoms with E-state index in [-0.39, 0.29) is 18.1 Å². The number of aliphatic carboxylic acids is 1. The number of nitrogens with one attached hydrogen (secondary N) is 1. The maximum Gasteiger partial charge on any atom is 0.334 e. The normalized spacial score (nSPS) is 13.2. The molecule has 1 aromatic heterocycles. The molecule has 0 aliphatic rings. The fourth-order valence-corrected chi connectivity index (χ4v) is 2.36. The lowest BCUT2D eigenvalue weighted by Crippen LogP contribution is -2.51. The zero-order valence-electron chi connectivity index (χ0n) is 12.6. The van der Waals surface area contributed by atoms with Gasteiger partial charge in [-0.2, -0.15) is 0 Å². The quantitative estimate of drug-likeness (QED) is 0.845. The van der Waals surface area contributed by atoms with Crippen LogP contribution in [0.15, 0.2) is 40.8 Å². The average Bonchev–Trinajstić information content (AvgIpc) is 3.02. The first-order chi connectivity index (χ1) is 10.9. The van der Waals surface area contributed by atoms with Gasteiger partial charge in [-0.3, -0.25) is 4.79 Å². The Morgan fingerprint density at radius 3 is 2.39 bits per heavy atom. The van der Waals surface area contributed by atoms with Gasteiger partial charge in [-0.1, -0.05) is 30.7 Å². The van der Waals surface area contributed by atoms with E-state index in [9.17, 15) is 14.7 Å². The van der Waals surface area contributed by atoms with Gasteiger partial charge in [-0.15, -0.1) is 0 Å². The molecular formula is C16H16ClNO5. The van der Waals surface area contributed by atoms with Gasteiger partial charge < -0.3 is 19.6 Å². The molecule has 0 radical (unpaired) electrons. The van der Waals surface area contributed by atoms with E-state index in [1.807, 2.05) is 0 Å². The number of rotatable bonds is 6. The minimum absolute atomic E-state index is 0.0325. The molecule has 2 N–H and O–H groups in total. The number of carboxylic acid groups (broad SMARTS) is 1. The molecule has 6 nitrogen and oxygen atoms in total.